The number of methoxy groups -OCH3 is 1. The van der Waals surface area contributed by atoms with Crippen LogP contribution in [0.5, 0.6) is 5.75 Å². The summed E-state index contributed by atoms with van der Waals surface area (Å²) >= 11 is 0. The minimum Gasteiger partial charge on any atom is -0.495 e. The molecule has 4 heteroatoms. The van der Waals surface area contributed by atoms with Crippen molar-refractivity contribution in [2.24, 2.45) is 0 Å². The fraction of sp³-hybridized carbons (Fsp3) is 0.133. The Balaban J connectivity index is 2.20. The molecule has 0 fully saturated rings. The molecular weight excluding hydrogens is 240 g/mol. The van der Waals surface area contributed by atoms with E-state index in [-0.39, 0.29) is 5.91 Å². The lowest BCUT2D eigenvalue weighted by atomic mass is 10.2. The van der Waals surface area contributed by atoms with Gasteiger partial charge < -0.3 is 15.4 Å². The lowest BCUT2D eigenvalue weighted by molar-refractivity contribution is 0.102. The summed E-state index contributed by atoms with van der Waals surface area (Å²) in [6.45, 7) is 0. The summed E-state index contributed by atoms with van der Waals surface area (Å²) in [5.41, 5.74) is 2.15. The van der Waals surface area contributed by atoms with E-state index in [9.17, 15) is 4.79 Å². The molecule has 19 heavy (non-hydrogen) atoms. The Hall–Kier alpha value is -2.49. The summed E-state index contributed by atoms with van der Waals surface area (Å²) in [5.74, 6) is 0.474. The number of nitrogens with one attached hydrogen (secondary N) is 2. The number of carbonyl (C=O) groups is 1. The minimum atomic E-state index is -0.165. The molecule has 0 radical (unpaired) electrons. The van der Waals surface area contributed by atoms with Gasteiger partial charge in [0.1, 0.15) is 5.75 Å². The molecule has 98 valence electrons. The van der Waals surface area contributed by atoms with Crippen molar-refractivity contribution in [3.8, 4) is 5.75 Å². The molecule has 4 nitrogen and oxygen atoms in total. The first-order chi connectivity index (χ1) is 9.24. The van der Waals surface area contributed by atoms with E-state index in [1.165, 1.54) is 0 Å². The smallest absolute Gasteiger partial charge is 0.255 e. The third kappa shape index (κ3) is 3.04. The summed E-state index contributed by atoms with van der Waals surface area (Å²) in [7, 11) is 3.39. The van der Waals surface area contributed by atoms with Crippen LogP contribution in [0.1, 0.15) is 10.4 Å². The van der Waals surface area contributed by atoms with E-state index in [1.54, 1.807) is 31.4 Å². The van der Waals surface area contributed by atoms with Crippen molar-refractivity contribution in [1.82, 2.24) is 0 Å². The Morgan fingerprint density at radius 3 is 2.63 bits per heavy atom. The predicted molar refractivity (Wildman–Crippen MR) is 76.9 cm³/mol. The van der Waals surface area contributed by atoms with Crippen LogP contribution in [0.2, 0.25) is 0 Å². The number of carbonyl (C=O) groups excluding carboxylic acids is 1. The minimum absolute atomic E-state index is 0.165. The summed E-state index contributed by atoms with van der Waals surface area (Å²) in [5, 5.41) is 5.84. The maximum atomic E-state index is 12.2. The number of ether oxygens (including phenoxy) is 1. The number of benzene rings is 2. The Morgan fingerprint density at radius 2 is 1.89 bits per heavy atom. The van der Waals surface area contributed by atoms with Crippen molar-refractivity contribution >= 4 is 17.3 Å². The lowest BCUT2D eigenvalue weighted by Gasteiger charge is -2.10. The van der Waals surface area contributed by atoms with Crippen LogP contribution in [0.15, 0.2) is 48.5 Å². The summed E-state index contributed by atoms with van der Waals surface area (Å²) in [6, 6.07) is 14.6. The van der Waals surface area contributed by atoms with E-state index in [0.717, 1.165) is 5.69 Å². The van der Waals surface area contributed by atoms with E-state index in [1.807, 2.05) is 31.3 Å². The van der Waals surface area contributed by atoms with Crippen LogP contribution in [0.4, 0.5) is 11.4 Å². The molecule has 0 aliphatic carbocycles. The molecule has 0 aromatic heterocycles. The Morgan fingerprint density at radius 1 is 1.11 bits per heavy atom. The predicted octanol–water partition coefficient (Wildman–Crippen LogP) is 2.99. The van der Waals surface area contributed by atoms with Gasteiger partial charge in [0.15, 0.2) is 0 Å². The number of rotatable bonds is 4. The molecular formula is C15H16N2O2. The van der Waals surface area contributed by atoms with Crippen molar-refractivity contribution in [3.63, 3.8) is 0 Å². The molecule has 0 saturated heterocycles. The number of para-hydroxylation sites is 2. The number of hydrogen-bond acceptors (Lipinski definition) is 3. The second-order valence-corrected chi connectivity index (χ2v) is 3.99. The highest BCUT2D eigenvalue weighted by molar-refractivity contribution is 6.05. The monoisotopic (exact) mass is 256 g/mol. The van der Waals surface area contributed by atoms with E-state index < -0.39 is 0 Å². The van der Waals surface area contributed by atoms with Crippen LogP contribution < -0.4 is 15.4 Å². The van der Waals surface area contributed by atoms with Crippen molar-refractivity contribution in [2.45, 2.75) is 0 Å². The van der Waals surface area contributed by atoms with Gasteiger partial charge in [-0.3, -0.25) is 4.79 Å². The van der Waals surface area contributed by atoms with Crippen molar-refractivity contribution in [3.05, 3.63) is 54.1 Å². The second-order valence-electron chi connectivity index (χ2n) is 3.99. The van der Waals surface area contributed by atoms with Gasteiger partial charge in [-0.25, -0.2) is 0 Å². The normalized spacial score (nSPS) is 9.79. The average molecular weight is 256 g/mol. The molecule has 2 N–H and O–H groups in total. The maximum absolute atomic E-state index is 12.2. The zero-order valence-electron chi connectivity index (χ0n) is 10.9. The molecule has 0 aliphatic rings. The van der Waals surface area contributed by atoms with E-state index in [2.05, 4.69) is 10.6 Å². The third-order valence-electron chi connectivity index (χ3n) is 2.77. The summed E-state index contributed by atoms with van der Waals surface area (Å²) in [4.78, 5) is 12.2. The molecule has 0 heterocycles. The maximum Gasteiger partial charge on any atom is 0.255 e. The third-order valence-corrected chi connectivity index (χ3v) is 2.77. The molecule has 2 rings (SSSR count). The Labute approximate surface area is 112 Å². The first kappa shape index (κ1) is 13.0. The van der Waals surface area contributed by atoms with Crippen LogP contribution in [0.3, 0.4) is 0 Å². The van der Waals surface area contributed by atoms with E-state index >= 15 is 0 Å². The fourth-order valence-corrected chi connectivity index (χ4v) is 1.76. The van der Waals surface area contributed by atoms with Crippen LogP contribution in [-0.4, -0.2) is 20.1 Å². The van der Waals surface area contributed by atoms with E-state index in [0.29, 0.717) is 17.0 Å². The largest absolute Gasteiger partial charge is 0.495 e. The summed E-state index contributed by atoms with van der Waals surface area (Å²) in [6.07, 6.45) is 0. The van der Waals surface area contributed by atoms with Gasteiger partial charge in [-0.1, -0.05) is 18.2 Å². The van der Waals surface area contributed by atoms with Crippen LogP contribution in [-0.2, 0) is 0 Å². The average Bonchev–Trinajstić information content (AvgIpc) is 2.47. The SMILES string of the molecule is CNc1cccc(C(=O)Nc2ccccc2OC)c1. The van der Waals surface area contributed by atoms with Crippen molar-refractivity contribution in [1.29, 1.82) is 0 Å². The standard InChI is InChI=1S/C15H16N2O2/c1-16-12-7-5-6-11(10-12)15(18)17-13-8-3-4-9-14(13)19-2/h3-10,16H,1-2H3,(H,17,18). The van der Waals surface area contributed by atoms with Crippen molar-refractivity contribution in [2.75, 3.05) is 24.8 Å². The molecule has 0 saturated carbocycles. The molecule has 1 amide bonds. The molecule has 0 unspecified atom stereocenters. The van der Waals surface area contributed by atoms with E-state index in [4.69, 9.17) is 4.74 Å². The molecule has 0 bridgehead atoms. The number of amides is 1. The quantitative estimate of drug-likeness (QED) is 0.884. The highest BCUT2D eigenvalue weighted by atomic mass is 16.5. The van der Waals surface area contributed by atoms with Gasteiger partial charge in [-0.15, -0.1) is 0 Å². The molecule has 2 aromatic carbocycles. The molecule has 0 spiro atoms. The van der Waals surface area contributed by atoms with Gasteiger partial charge in [0, 0.05) is 18.3 Å². The van der Waals surface area contributed by atoms with Gasteiger partial charge in [-0.05, 0) is 30.3 Å². The lowest BCUT2D eigenvalue weighted by Crippen LogP contribution is -2.12. The van der Waals surface area contributed by atoms with Crippen molar-refractivity contribution < 1.29 is 9.53 Å². The fourth-order valence-electron chi connectivity index (χ4n) is 1.76. The first-order valence-electron chi connectivity index (χ1n) is 5.97. The van der Waals surface area contributed by atoms with Crippen LogP contribution in [0.25, 0.3) is 0 Å². The van der Waals surface area contributed by atoms with Crippen LogP contribution in [0, 0.1) is 0 Å². The first-order valence-corrected chi connectivity index (χ1v) is 5.97. The molecule has 0 aliphatic heterocycles. The molecule has 0 atom stereocenters. The van der Waals surface area contributed by atoms with Gasteiger partial charge in [0.05, 0.1) is 12.8 Å². The highest BCUT2D eigenvalue weighted by Gasteiger charge is 2.09. The Kier molecular flexibility index (Phi) is 4.03. The zero-order valence-corrected chi connectivity index (χ0v) is 10.9. The van der Waals surface area contributed by atoms with Gasteiger partial charge in [0.25, 0.3) is 5.91 Å². The van der Waals surface area contributed by atoms with Gasteiger partial charge >= 0.3 is 0 Å². The van der Waals surface area contributed by atoms with Gasteiger partial charge in [-0.2, -0.15) is 0 Å². The number of anilines is 2. The second kappa shape index (κ2) is 5.91. The van der Waals surface area contributed by atoms with Crippen LogP contribution >= 0.6 is 0 Å². The summed E-state index contributed by atoms with van der Waals surface area (Å²) < 4.78 is 5.20. The van der Waals surface area contributed by atoms with Gasteiger partial charge in [0.2, 0.25) is 0 Å². The molecule has 2 aromatic rings. The number of hydrogen-bond donors (Lipinski definition) is 2. The highest BCUT2D eigenvalue weighted by Crippen LogP contribution is 2.23. The zero-order chi connectivity index (χ0) is 13.7. The topological polar surface area (TPSA) is 50.4 Å². The Bertz CT molecular complexity index is 582.